The second kappa shape index (κ2) is 6.58. The molecule has 0 bridgehead atoms. The predicted molar refractivity (Wildman–Crippen MR) is 79.1 cm³/mol. The fourth-order valence-electron chi connectivity index (χ4n) is 2.05. The Hall–Kier alpha value is -1.54. The van der Waals surface area contributed by atoms with Gasteiger partial charge in [-0.15, -0.1) is 0 Å². The summed E-state index contributed by atoms with van der Waals surface area (Å²) in [6.07, 6.45) is 2.08. The molecule has 0 aliphatic rings. The zero-order chi connectivity index (χ0) is 13.7. The van der Waals surface area contributed by atoms with Crippen molar-refractivity contribution in [1.29, 1.82) is 0 Å². The molecule has 0 aromatic heterocycles. The molecule has 0 aliphatic carbocycles. The van der Waals surface area contributed by atoms with Gasteiger partial charge in [0.1, 0.15) is 5.82 Å². The fraction of sp³-hybridized carbons (Fsp3) is 0.250. The normalized spacial score (nSPS) is 12.2. The van der Waals surface area contributed by atoms with Crippen LogP contribution in [0.4, 0.5) is 10.1 Å². The number of hydrogen-bond donors (Lipinski definition) is 1. The molecule has 2 rings (SSSR count). The molecule has 0 heterocycles. The molecular formula is C16H17ClFN. The van der Waals surface area contributed by atoms with Crippen LogP contribution in [0.1, 0.15) is 31.4 Å². The summed E-state index contributed by atoms with van der Waals surface area (Å²) >= 11 is 5.91. The third kappa shape index (κ3) is 3.97. The molecule has 0 spiro atoms. The van der Waals surface area contributed by atoms with Gasteiger partial charge in [0.15, 0.2) is 0 Å². The highest BCUT2D eigenvalue weighted by molar-refractivity contribution is 6.30. The molecule has 1 N–H and O–H groups in total. The van der Waals surface area contributed by atoms with Crippen LogP contribution in [0.5, 0.6) is 0 Å². The summed E-state index contributed by atoms with van der Waals surface area (Å²) in [7, 11) is 0. The first kappa shape index (κ1) is 13.9. The largest absolute Gasteiger partial charge is 0.378 e. The van der Waals surface area contributed by atoms with E-state index in [0.29, 0.717) is 0 Å². The lowest BCUT2D eigenvalue weighted by Crippen LogP contribution is -2.10. The first-order valence-corrected chi connectivity index (χ1v) is 6.84. The van der Waals surface area contributed by atoms with Crippen LogP contribution in [-0.2, 0) is 0 Å². The van der Waals surface area contributed by atoms with Gasteiger partial charge in [0.05, 0.1) is 6.04 Å². The Morgan fingerprint density at radius 3 is 2.26 bits per heavy atom. The Labute approximate surface area is 118 Å². The van der Waals surface area contributed by atoms with Crippen molar-refractivity contribution >= 4 is 17.3 Å². The number of halogens is 2. The molecule has 100 valence electrons. The molecule has 1 unspecified atom stereocenters. The van der Waals surface area contributed by atoms with Crippen LogP contribution in [0.25, 0.3) is 0 Å². The highest BCUT2D eigenvalue weighted by atomic mass is 35.5. The third-order valence-electron chi connectivity index (χ3n) is 3.03. The summed E-state index contributed by atoms with van der Waals surface area (Å²) in [5.41, 5.74) is 2.12. The van der Waals surface area contributed by atoms with Crippen LogP contribution in [0.3, 0.4) is 0 Å². The molecule has 1 nitrogen and oxygen atoms in total. The van der Waals surface area contributed by atoms with Crippen molar-refractivity contribution in [3.8, 4) is 0 Å². The Kier molecular flexibility index (Phi) is 4.80. The number of anilines is 1. The highest BCUT2D eigenvalue weighted by Crippen LogP contribution is 2.25. The van der Waals surface area contributed by atoms with E-state index >= 15 is 0 Å². The number of hydrogen-bond acceptors (Lipinski definition) is 1. The molecule has 2 aromatic carbocycles. The van der Waals surface area contributed by atoms with E-state index in [9.17, 15) is 4.39 Å². The smallest absolute Gasteiger partial charge is 0.123 e. The van der Waals surface area contributed by atoms with Gasteiger partial charge in [-0.25, -0.2) is 4.39 Å². The van der Waals surface area contributed by atoms with Crippen molar-refractivity contribution in [3.05, 3.63) is 64.9 Å². The lowest BCUT2D eigenvalue weighted by Gasteiger charge is -2.20. The fourth-order valence-corrected chi connectivity index (χ4v) is 2.18. The number of rotatable bonds is 5. The molecule has 0 amide bonds. The van der Waals surface area contributed by atoms with Crippen LogP contribution in [0, 0.1) is 5.82 Å². The van der Waals surface area contributed by atoms with Crippen molar-refractivity contribution in [3.63, 3.8) is 0 Å². The molecule has 1 atom stereocenters. The van der Waals surface area contributed by atoms with Gasteiger partial charge in [-0.3, -0.25) is 0 Å². The van der Waals surface area contributed by atoms with E-state index in [1.165, 1.54) is 17.7 Å². The summed E-state index contributed by atoms with van der Waals surface area (Å²) in [6.45, 7) is 2.15. The van der Waals surface area contributed by atoms with Crippen LogP contribution >= 0.6 is 11.6 Å². The van der Waals surface area contributed by atoms with Crippen molar-refractivity contribution < 1.29 is 4.39 Å². The monoisotopic (exact) mass is 277 g/mol. The van der Waals surface area contributed by atoms with E-state index in [4.69, 9.17) is 11.6 Å². The zero-order valence-corrected chi connectivity index (χ0v) is 11.6. The molecule has 3 heteroatoms. The second-order valence-corrected chi connectivity index (χ2v) is 4.98. The van der Waals surface area contributed by atoms with Gasteiger partial charge >= 0.3 is 0 Å². The van der Waals surface area contributed by atoms with E-state index in [1.807, 2.05) is 24.3 Å². The lowest BCUT2D eigenvalue weighted by molar-refractivity contribution is 0.627. The summed E-state index contributed by atoms with van der Waals surface area (Å²) in [4.78, 5) is 0. The summed E-state index contributed by atoms with van der Waals surface area (Å²) in [5, 5.41) is 4.17. The molecule has 19 heavy (non-hydrogen) atoms. The van der Waals surface area contributed by atoms with Crippen LogP contribution in [0.15, 0.2) is 48.5 Å². The van der Waals surface area contributed by atoms with E-state index in [-0.39, 0.29) is 11.9 Å². The van der Waals surface area contributed by atoms with Crippen molar-refractivity contribution in [2.45, 2.75) is 25.8 Å². The van der Waals surface area contributed by atoms with Gasteiger partial charge in [-0.05, 0) is 48.4 Å². The van der Waals surface area contributed by atoms with Gasteiger partial charge in [-0.2, -0.15) is 0 Å². The molecule has 0 aliphatic heterocycles. The molecular weight excluding hydrogens is 261 g/mol. The Bertz CT molecular complexity index is 507. The van der Waals surface area contributed by atoms with E-state index in [1.54, 1.807) is 12.1 Å². The van der Waals surface area contributed by atoms with E-state index in [2.05, 4.69) is 12.2 Å². The Balaban J connectivity index is 2.15. The standard InChI is InChI=1S/C16H17ClFN/c1-2-3-16(12-4-6-13(17)7-5-12)19-15-10-8-14(18)9-11-15/h4-11,16,19H,2-3H2,1H3. The molecule has 0 saturated heterocycles. The third-order valence-corrected chi connectivity index (χ3v) is 3.29. The van der Waals surface area contributed by atoms with Crippen molar-refractivity contribution in [1.82, 2.24) is 0 Å². The minimum absolute atomic E-state index is 0.215. The lowest BCUT2D eigenvalue weighted by atomic mass is 10.0. The Morgan fingerprint density at radius 2 is 1.68 bits per heavy atom. The topological polar surface area (TPSA) is 12.0 Å². The minimum atomic E-state index is -0.218. The minimum Gasteiger partial charge on any atom is -0.378 e. The average Bonchev–Trinajstić information content (AvgIpc) is 2.42. The summed E-state index contributed by atoms with van der Waals surface area (Å²) in [6, 6.07) is 14.5. The predicted octanol–water partition coefficient (Wildman–Crippen LogP) is 5.43. The van der Waals surface area contributed by atoms with Gasteiger partial charge in [0.2, 0.25) is 0 Å². The first-order chi connectivity index (χ1) is 9.19. The Morgan fingerprint density at radius 1 is 1.05 bits per heavy atom. The highest BCUT2D eigenvalue weighted by Gasteiger charge is 2.10. The van der Waals surface area contributed by atoms with Crippen molar-refractivity contribution in [2.24, 2.45) is 0 Å². The molecule has 0 saturated carbocycles. The van der Waals surface area contributed by atoms with Gasteiger partial charge < -0.3 is 5.32 Å². The maximum absolute atomic E-state index is 12.9. The van der Waals surface area contributed by atoms with Gasteiger partial charge in [0, 0.05) is 10.7 Å². The van der Waals surface area contributed by atoms with Crippen molar-refractivity contribution in [2.75, 3.05) is 5.32 Å². The molecule has 0 radical (unpaired) electrons. The SMILES string of the molecule is CCCC(Nc1ccc(F)cc1)c1ccc(Cl)cc1. The average molecular weight is 278 g/mol. The summed E-state index contributed by atoms with van der Waals surface area (Å²) in [5.74, 6) is -0.218. The van der Waals surface area contributed by atoms with E-state index in [0.717, 1.165) is 23.6 Å². The first-order valence-electron chi connectivity index (χ1n) is 6.46. The van der Waals surface area contributed by atoms with Crippen LogP contribution in [0.2, 0.25) is 5.02 Å². The number of nitrogens with one attached hydrogen (secondary N) is 1. The maximum atomic E-state index is 12.9. The zero-order valence-electron chi connectivity index (χ0n) is 10.9. The van der Waals surface area contributed by atoms with E-state index < -0.39 is 0 Å². The summed E-state index contributed by atoms with van der Waals surface area (Å²) < 4.78 is 12.9. The molecule has 2 aromatic rings. The van der Waals surface area contributed by atoms with Gasteiger partial charge in [0.25, 0.3) is 0 Å². The van der Waals surface area contributed by atoms with Crippen LogP contribution in [-0.4, -0.2) is 0 Å². The quantitative estimate of drug-likeness (QED) is 0.768. The van der Waals surface area contributed by atoms with Gasteiger partial charge in [-0.1, -0.05) is 37.1 Å². The van der Waals surface area contributed by atoms with Crippen LogP contribution < -0.4 is 5.32 Å². The number of benzene rings is 2. The maximum Gasteiger partial charge on any atom is 0.123 e. The second-order valence-electron chi connectivity index (χ2n) is 4.54. The molecule has 0 fully saturated rings.